The number of esters is 2. The summed E-state index contributed by atoms with van der Waals surface area (Å²) >= 11 is 0. The summed E-state index contributed by atoms with van der Waals surface area (Å²) in [6.07, 6.45) is 1.26. The first-order valence-electron chi connectivity index (χ1n) is 6.46. The van der Waals surface area contributed by atoms with Crippen LogP contribution in [0.2, 0.25) is 0 Å². The maximum absolute atomic E-state index is 11.8. The van der Waals surface area contributed by atoms with Gasteiger partial charge in [-0.1, -0.05) is 0 Å². The van der Waals surface area contributed by atoms with E-state index in [1.165, 1.54) is 32.0 Å². The maximum atomic E-state index is 11.8. The van der Waals surface area contributed by atoms with Crippen LogP contribution >= 0.6 is 0 Å². The Morgan fingerprint density at radius 2 is 2.04 bits per heavy atom. The molecular weight excluding hydrogens is 304 g/mol. The summed E-state index contributed by atoms with van der Waals surface area (Å²) in [6.45, 7) is 0.0761. The first-order chi connectivity index (χ1) is 11.0. The SMILES string of the molecule is COCn1c(C(=O)OC)cc2cc(/C=C(\C#N)C(=O)OC)oc21. The lowest BCUT2D eigenvalue weighted by molar-refractivity contribution is -0.135. The summed E-state index contributed by atoms with van der Waals surface area (Å²) in [5.74, 6) is -1.01. The van der Waals surface area contributed by atoms with Crippen LogP contribution in [0.4, 0.5) is 0 Å². The van der Waals surface area contributed by atoms with E-state index < -0.39 is 11.9 Å². The van der Waals surface area contributed by atoms with Gasteiger partial charge in [0.1, 0.15) is 29.8 Å². The van der Waals surface area contributed by atoms with Crippen LogP contribution in [-0.4, -0.2) is 37.8 Å². The van der Waals surface area contributed by atoms with E-state index in [9.17, 15) is 9.59 Å². The third kappa shape index (κ3) is 3.09. The molecule has 0 aromatic carbocycles. The third-order valence-corrected chi connectivity index (χ3v) is 3.05. The van der Waals surface area contributed by atoms with Crippen molar-refractivity contribution < 1.29 is 28.2 Å². The Balaban J connectivity index is 2.52. The Hall–Kier alpha value is -3.05. The second-order valence-corrected chi connectivity index (χ2v) is 4.44. The highest BCUT2D eigenvalue weighted by Crippen LogP contribution is 2.26. The van der Waals surface area contributed by atoms with Crippen LogP contribution in [-0.2, 0) is 25.7 Å². The molecule has 120 valence electrons. The molecule has 2 heterocycles. The van der Waals surface area contributed by atoms with Crippen molar-refractivity contribution in [3.8, 4) is 6.07 Å². The zero-order valence-electron chi connectivity index (χ0n) is 12.8. The number of ether oxygens (including phenoxy) is 3. The fraction of sp³-hybridized carbons (Fsp3) is 0.267. The first kappa shape index (κ1) is 16.3. The topological polar surface area (TPSA) is 104 Å². The predicted molar refractivity (Wildman–Crippen MR) is 78.2 cm³/mol. The highest BCUT2D eigenvalue weighted by molar-refractivity contribution is 5.98. The Morgan fingerprint density at radius 3 is 2.61 bits per heavy atom. The molecule has 0 saturated heterocycles. The molecule has 8 heteroatoms. The van der Waals surface area contributed by atoms with Gasteiger partial charge in [0.05, 0.1) is 14.2 Å². The van der Waals surface area contributed by atoms with Crippen LogP contribution in [0.1, 0.15) is 16.2 Å². The normalized spacial score (nSPS) is 11.3. The standard InChI is InChI=1S/C15H14N2O6/c1-20-8-17-12(15(19)22-3)6-9-4-11(23-13(9)17)5-10(7-16)14(18)21-2/h4-6H,8H2,1-3H3/b10-5+. The first-order valence-corrected chi connectivity index (χ1v) is 6.46. The summed E-state index contributed by atoms with van der Waals surface area (Å²) in [6, 6.07) is 4.90. The zero-order chi connectivity index (χ0) is 17.0. The van der Waals surface area contributed by atoms with Crippen LogP contribution in [0, 0.1) is 11.3 Å². The molecule has 0 amide bonds. The molecular formula is C15H14N2O6. The third-order valence-electron chi connectivity index (χ3n) is 3.05. The molecule has 2 rings (SSSR count). The fourth-order valence-corrected chi connectivity index (χ4v) is 2.06. The van der Waals surface area contributed by atoms with E-state index in [2.05, 4.69) is 4.74 Å². The molecule has 0 radical (unpaired) electrons. The van der Waals surface area contributed by atoms with Crippen LogP contribution in [0.5, 0.6) is 0 Å². The fourth-order valence-electron chi connectivity index (χ4n) is 2.06. The van der Waals surface area contributed by atoms with Gasteiger partial charge in [0, 0.05) is 18.6 Å². The van der Waals surface area contributed by atoms with E-state index in [0.717, 1.165) is 0 Å². The van der Waals surface area contributed by atoms with Crippen molar-refractivity contribution in [2.75, 3.05) is 21.3 Å². The van der Waals surface area contributed by atoms with Gasteiger partial charge < -0.3 is 18.6 Å². The summed E-state index contributed by atoms with van der Waals surface area (Å²) in [7, 11) is 3.93. The lowest BCUT2D eigenvalue weighted by atomic mass is 10.2. The smallest absolute Gasteiger partial charge is 0.354 e. The van der Waals surface area contributed by atoms with Gasteiger partial charge in [0.25, 0.3) is 0 Å². The number of hydrogen-bond donors (Lipinski definition) is 0. The van der Waals surface area contributed by atoms with Gasteiger partial charge in [-0.25, -0.2) is 9.59 Å². The predicted octanol–water partition coefficient (Wildman–Crippen LogP) is 1.70. The molecule has 0 spiro atoms. The average molecular weight is 318 g/mol. The van der Waals surface area contributed by atoms with E-state index >= 15 is 0 Å². The molecule has 8 nitrogen and oxygen atoms in total. The minimum atomic E-state index is -0.761. The molecule has 0 atom stereocenters. The molecule has 0 fully saturated rings. The highest BCUT2D eigenvalue weighted by Gasteiger charge is 2.20. The average Bonchev–Trinajstić information content (AvgIpc) is 3.10. The zero-order valence-corrected chi connectivity index (χ0v) is 12.8. The minimum Gasteiger partial charge on any atom is -0.465 e. The highest BCUT2D eigenvalue weighted by atomic mass is 16.5. The van der Waals surface area contributed by atoms with Crippen molar-refractivity contribution in [2.45, 2.75) is 6.73 Å². The summed E-state index contributed by atoms with van der Waals surface area (Å²) in [5.41, 5.74) is 0.433. The van der Waals surface area contributed by atoms with Crippen molar-refractivity contribution in [3.63, 3.8) is 0 Å². The van der Waals surface area contributed by atoms with Gasteiger partial charge in [-0.2, -0.15) is 5.26 Å². The molecule has 23 heavy (non-hydrogen) atoms. The van der Waals surface area contributed by atoms with E-state index in [4.69, 9.17) is 19.2 Å². The number of furan rings is 1. The van der Waals surface area contributed by atoms with Crippen LogP contribution in [0.25, 0.3) is 17.2 Å². The molecule has 0 bridgehead atoms. The van der Waals surface area contributed by atoms with E-state index in [1.807, 2.05) is 0 Å². The van der Waals surface area contributed by atoms with Crippen molar-refractivity contribution in [2.24, 2.45) is 0 Å². The number of nitriles is 1. The number of methoxy groups -OCH3 is 3. The van der Waals surface area contributed by atoms with Crippen LogP contribution < -0.4 is 0 Å². The van der Waals surface area contributed by atoms with Gasteiger partial charge in [0.15, 0.2) is 0 Å². The van der Waals surface area contributed by atoms with Gasteiger partial charge in [-0.05, 0) is 12.1 Å². The number of nitrogens with zero attached hydrogens (tertiary/aromatic N) is 2. The monoisotopic (exact) mass is 318 g/mol. The largest absolute Gasteiger partial charge is 0.465 e. The lowest BCUT2D eigenvalue weighted by Crippen LogP contribution is -2.11. The number of carbonyl (C=O) groups is 2. The minimum absolute atomic E-state index is 0.0761. The van der Waals surface area contributed by atoms with E-state index in [1.54, 1.807) is 18.2 Å². The Morgan fingerprint density at radius 1 is 1.30 bits per heavy atom. The van der Waals surface area contributed by atoms with Crippen molar-refractivity contribution >= 4 is 29.1 Å². The Kier molecular flexibility index (Phi) is 4.83. The van der Waals surface area contributed by atoms with E-state index in [0.29, 0.717) is 11.1 Å². The maximum Gasteiger partial charge on any atom is 0.354 e. The van der Waals surface area contributed by atoms with Crippen molar-refractivity contribution in [1.82, 2.24) is 4.57 Å². The Bertz CT molecular complexity index is 821. The van der Waals surface area contributed by atoms with Gasteiger partial charge in [0.2, 0.25) is 5.71 Å². The molecule has 0 aliphatic rings. The second-order valence-electron chi connectivity index (χ2n) is 4.44. The molecule has 0 N–H and O–H groups in total. The quantitative estimate of drug-likeness (QED) is 0.469. The number of aromatic nitrogens is 1. The molecule has 0 unspecified atom stereocenters. The van der Waals surface area contributed by atoms with Gasteiger partial charge >= 0.3 is 11.9 Å². The summed E-state index contributed by atoms with van der Waals surface area (Å²) in [5, 5.41) is 9.56. The molecule has 0 aliphatic heterocycles. The molecule has 0 saturated carbocycles. The van der Waals surface area contributed by atoms with Crippen molar-refractivity contribution in [1.29, 1.82) is 5.26 Å². The number of fused-ring (bicyclic) bond motifs is 1. The summed E-state index contributed by atoms with van der Waals surface area (Å²) < 4.78 is 21.3. The summed E-state index contributed by atoms with van der Waals surface area (Å²) in [4.78, 5) is 23.2. The molecule has 2 aromatic rings. The lowest BCUT2D eigenvalue weighted by Gasteiger charge is -2.06. The molecule has 2 aromatic heterocycles. The van der Waals surface area contributed by atoms with E-state index in [-0.39, 0.29) is 23.8 Å². The van der Waals surface area contributed by atoms with Crippen LogP contribution in [0.15, 0.2) is 22.1 Å². The Labute approximate surface area is 131 Å². The number of carbonyl (C=O) groups excluding carboxylic acids is 2. The van der Waals surface area contributed by atoms with Gasteiger partial charge in [-0.15, -0.1) is 0 Å². The second kappa shape index (κ2) is 6.81. The van der Waals surface area contributed by atoms with Crippen LogP contribution in [0.3, 0.4) is 0 Å². The molecule has 0 aliphatic carbocycles. The van der Waals surface area contributed by atoms with Gasteiger partial charge in [-0.3, -0.25) is 4.57 Å². The number of rotatable bonds is 5. The van der Waals surface area contributed by atoms with Crippen molar-refractivity contribution in [3.05, 3.63) is 29.2 Å². The number of hydrogen-bond acceptors (Lipinski definition) is 7.